The van der Waals surface area contributed by atoms with E-state index < -0.39 is 11.2 Å². The lowest BCUT2D eigenvalue weighted by Gasteiger charge is -2.37. The van der Waals surface area contributed by atoms with Crippen LogP contribution in [0.3, 0.4) is 0 Å². The molecule has 0 saturated carbocycles. The minimum atomic E-state index is -1.01. The Labute approximate surface area is 140 Å². The molecule has 1 aromatic carbocycles. The Kier molecular flexibility index (Phi) is 3.91. The molecule has 3 rings (SSSR count). The number of hydrogen-bond donors (Lipinski definition) is 1. The van der Waals surface area contributed by atoms with Crippen molar-refractivity contribution in [2.45, 2.75) is 38.9 Å². The van der Waals surface area contributed by atoms with Crippen molar-refractivity contribution in [3.05, 3.63) is 35.5 Å². The van der Waals surface area contributed by atoms with Gasteiger partial charge in [0.1, 0.15) is 10.6 Å². The molecule has 0 unspecified atom stereocenters. The Balaban J connectivity index is 2.07. The lowest BCUT2D eigenvalue weighted by molar-refractivity contribution is -0.0893. The molecule has 2 aromatic heterocycles. The molecular weight excluding hydrogens is 312 g/mol. The van der Waals surface area contributed by atoms with Gasteiger partial charge >= 0.3 is 7.48 Å². The van der Waals surface area contributed by atoms with Gasteiger partial charge in [-0.15, -0.1) is 0 Å². The number of pyridine rings is 1. The molecule has 0 aliphatic rings. The number of hydrogen-bond acceptors (Lipinski definition) is 4. The summed E-state index contributed by atoms with van der Waals surface area (Å²) in [7, 11) is 1.55. The second kappa shape index (κ2) is 5.51. The number of benzene rings is 1. The Morgan fingerprint density at radius 1 is 1.22 bits per heavy atom. The highest BCUT2D eigenvalue weighted by Crippen LogP contribution is 2.31. The van der Waals surface area contributed by atoms with E-state index in [0.29, 0.717) is 16.2 Å². The van der Waals surface area contributed by atoms with Gasteiger partial charge in [-0.2, -0.15) is 0 Å². The Morgan fingerprint density at radius 2 is 1.91 bits per heavy atom. The molecule has 0 aliphatic carbocycles. The van der Waals surface area contributed by atoms with Gasteiger partial charge in [0.15, 0.2) is 5.58 Å². The van der Waals surface area contributed by atoms with Crippen LogP contribution in [0.4, 0.5) is 0 Å². The molecule has 1 N–H and O–H groups in total. The highest BCUT2D eigenvalue weighted by Gasteiger charge is 2.36. The number of nitrogens with zero attached hydrogens (tertiary/aromatic N) is 1. The van der Waals surface area contributed by atoms with Crippen LogP contribution in [0.1, 0.15) is 27.7 Å². The van der Waals surface area contributed by atoms with Crippen LogP contribution in [0.15, 0.2) is 34.9 Å². The maximum atomic E-state index is 10.2. The van der Waals surface area contributed by atoms with Crippen LogP contribution in [0.2, 0.25) is 5.02 Å². The van der Waals surface area contributed by atoms with Crippen LogP contribution in [0.25, 0.3) is 21.9 Å². The zero-order chi connectivity index (χ0) is 16.8. The second-order valence-electron chi connectivity index (χ2n) is 6.60. The van der Waals surface area contributed by atoms with E-state index in [1.165, 1.54) is 0 Å². The van der Waals surface area contributed by atoms with Gasteiger partial charge in [0, 0.05) is 22.6 Å². The van der Waals surface area contributed by atoms with Gasteiger partial charge in [-0.25, -0.2) is 0 Å². The van der Waals surface area contributed by atoms with Gasteiger partial charge in [-0.3, -0.25) is 4.98 Å². The van der Waals surface area contributed by atoms with Gasteiger partial charge in [-0.1, -0.05) is 29.8 Å². The molecule has 119 valence electrons. The quantitative estimate of drug-likeness (QED) is 0.745. The van der Waals surface area contributed by atoms with E-state index in [9.17, 15) is 5.11 Å². The van der Waals surface area contributed by atoms with Gasteiger partial charge in [-0.05, 0) is 33.8 Å². The van der Waals surface area contributed by atoms with E-state index in [1.54, 1.807) is 27.5 Å². The minimum Gasteiger partial charge on any atom is -0.454 e. The third-order valence-corrected chi connectivity index (χ3v) is 4.59. The van der Waals surface area contributed by atoms with E-state index >= 15 is 0 Å². The number of halogens is 1. The fourth-order valence-corrected chi connectivity index (χ4v) is 2.34. The van der Waals surface area contributed by atoms with E-state index in [-0.39, 0.29) is 0 Å². The summed E-state index contributed by atoms with van der Waals surface area (Å²) in [6, 6.07) is 7.68. The van der Waals surface area contributed by atoms with Crippen LogP contribution in [-0.4, -0.2) is 28.8 Å². The molecular formula is C17H18BClNO3. The summed E-state index contributed by atoms with van der Waals surface area (Å²) in [5, 5.41) is 12.4. The van der Waals surface area contributed by atoms with Crippen molar-refractivity contribution < 1.29 is 14.2 Å². The Morgan fingerprint density at radius 3 is 2.61 bits per heavy atom. The van der Waals surface area contributed by atoms with Crippen molar-refractivity contribution in [1.82, 2.24) is 4.98 Å². The summed E-state index contributed by atoms with van der Waals surface area (Å²) in [5.74, 6) is 0. The molecule has 0 fully saturated rings. The normalized spacial score (nSPS) is 13.0. The predicted molar refractivity (Wildman–Crippen MR) is 93.4 cm³/mol. The zero-order valence-corrected chi connectivity index (χ0v) is 14.3. The maximum absolute atomic E-state index is 10.2. The predicted octanol–water partition coefficient (Wildman–Crippen LogP) is 3.45. The van der Waals surface area contributed by atoms with Crippen molar-refractivity contribution in [3.8, 4) is 0 Å². The zero-order valence-electron chi connectivity index (χ0n) is 13.6. The number of furan rings is 1. The molecule has 0 bridgehead atoms. The first kappa shape index (κ1) is 16.3. The number of aliphatic hydroxyl groups is 1. The van der Waals surface area contributed by atoms with Crippen molar-refractivity contribution >= 4 is 46.6 Å². The first-order valence-corrected chi connectivity index (χ1v) is 7.78. The Bertz CT molecular complexity index is 867. The summed E-state index contributed by atoms with van der Waals surface area (Å²) < 4.78 is 11.7. The molecule has 6 heteroatoms. The van der Waals surface area contributed by atoms with Gasteiger partial charge < -0.3 is 14.2 Å². The SMILES string of the molecule is CC(C)(O)C(C)(C)O[B]c1ncc(Cl)c2oc3ccccc3c12. The summed E-state index contributed by atoms with van der Waals surface area (Å²) in [5.41, 5.74) is 0.160. The van der Waals surface area contributed by atoms with Crippen molar-refractivity contribution in [3.63, 3.8) is 0 Å². The minimum absolute atomic E-state index is 0.454. The first-order valence-electron chi connectivity index (χ1n) is 7.40. The lowest BCUT2D eigenvalue weighted by Crippen LogP contribution is -2.49. The fraction of sp³-hybridized carbons (Fsp3) is 0.353. The fourth-order valence-electron chi connectivity index (χ4n) is 2.15. The Hall–Kier alpha value is -1.56. The number of aromatic nitrogens is 1. The maximum Gasteiger partial charge on any atom is 0.352 e. The average Bonchev–Trinajstić information content (AvgIpc) is 2.86. The molecule has 0 aliphatic heterocycles. The number of rotatable bonds is 4. The number of para-hydroxylation sites is 1. The smallest absolute Gasteiger partial charge is 0.352 e. The molecule has 3 aromatic rings. The van der Waals surface area contributed by atoms with Gasteiger partial charge in [0.2, 0.25) is 0 Å². The molecule has 0 amide bonds. The van der Waals surface area contributed by atoms with Crippen LogP contribution >= 0.6 is 11.6 Å². The van der Waals surface area contributed by atoms with E-state index in [2.05, 4.69) is 4.98 Å². The van der Waals surface area contributed by atoms with Gasteiger partial charge in [0.05, 0.1) is 11.2 Å². The molecule has 0 spiro atoms. The molecule has 0 atom stereocenters. The van der Waals surface area contributed by atoms with Crippen molar-refractivity contribution in [2.24, 2.45) is 0 Å². The second-order valence-corrected chi connectivity index (χ2v) is 7.01. The molecule has 0 saturated heterocycles. The third kappa shape index (κ3) is 2.85. The summed E-state index contributed by atoms with van der Waals surface area (Å²) in [6.07, 6.45) is 1.54. The van der Waals surface area contributed by atoms with Crippen molar-refractivity contribution in [1.29, 1.82) is 0 Å². The van der Waals surface area contributed by atoms with E-state index in [0.717, 1.165) is 16.4 Å². The summed E-state index contributed by atoms with van der Waals surface area (Å²) >= 11 is 6.21. The standard InChI is InChI=1S/C17H18BClNO3/c1-16(2,21)17(3,4)23-18-15-13-10-7-5-6-8-12(10)22-14(13)11(19)9-20-15/h5-9,21H,1-4H3. The lowest BCUT2D eigenvalue weighted by atomic mass is 9.83. The van der Waals surface area contributed by atoms with Gasteiger partial charge in [0.25, 0.3) is 0 Å². The monoisotopic (exact) mass is 330 g/mol. The molecule has 1 radical (unpaired) electrons. The molecule has 2 heterocycles. The molecule has 4 nitrogen and oxygen atoms in total. The van der Waals surface area contributed by atoms with Crippen molar-refractivity contribution in [2.75, 3.05) is 0 Å². The highest BCUT2D eigenvalue weighted by atomic mass is 35.5. The van der Waals surface area contributed by atoms with E-state index in [1.807, 2.05) is 38.1 Å². The summed E-state index contributed by atoms with van der Waals surface area (Å²) in [4.78, 5) is 4.36. The topological polar surface area (TPSA) is 55.5 Å². The highest BCUT2D eigenvalue weighted by molar-refractivity contribution is 6.52. The summed E-state index contributed by atoms with van der Waals surface area (Å²) in [6.45, 7) is 7.06. The van der Waals surface area contributed by atoms with E-state index in [4.69, 9.17) is 20.7 Å². The molecule has 23 heavy (non-hydrogen) atoms. The van der Waals surface area contributed by atoms with Crippen LogP contribution in [0, 0.1) is 0 Å². The number of fused-ring (bicyclic) bond motifs is 3. The largest absolute Gasteiger partial charge is 0.454 e. The van der Waals surface area contributed by atoms with Crippen LogP contribution in [-0.2, 0) is 4.65 Å². The first-order chi connectivity index (χ1) is 10.7. The third-order valence-electron chi connectivity index (χ3n) is 4.32. The van der Waals surface area contributed by atoms with Crippen LogP contribution < -0.4 is 5.59 Å². The average molecular weight is 331 g/mol. The van der Waals surface area contributed by atoms with Crippen LogP contribution in [0.5, 0.6) is 0 Å².